The zero-order chi connectivity index (χ0) is 20.5. The lowest BCUT2D eigenvalue weighted by Crippen LogP contribution is -2.37. The summed E-state index contributed by atoms with van der Waals surface area (Å²) in [5.74, 6) is -0.331. The van der Waals surface area contributed by atoms with Crippen LogP contribution in [0.5, 0.6) is 5.75 Å². The van der Waals surface area contributed by atoms with E-state index in [9.17, 15) is 14.4 Å². The molecule has 1 aliphatic heterocycles. The molecule has 1 aromatic rings. The fraction of sp³-hybridized carbons (Fsp3) is 0.571. The van der Waals surface area contributed by atoms with Crippen molar-refractivity contribution in [3.05, 3.63) is 29.8 Å². The molecule has 0 spiro atoms. The Balaban J connectivity index is 2.13. The molecule has 2 amide bonds. The number of nitrogens with zero attached hydrogens (tertiary/aromatic N) is 1. The van der Waals surface area contributed by atoms with Crippen molar-refractivity contribution in [1.29, 1.82) is 0 Å². The molecule has 0 bridgehead atoms. The van der Waals surface area contributed by atoms with E-state index in [1.54, 1.807) is 18.9 Å². The van der Waals surface area contributed by atoms with Crippen LogP contribution < -0.4 is 10.1 Å². The average Bonchev–Trinajstić information content (AvgIpc) is 3.02. The van der Waals surface area contributed by atoms with Crippen LogP contribution in [-0.2, 0) is 19.1 Å². The van der Waals surface area contributed by atoms with Gasteiger partial charge in [-0.05, 0) is 31.0 Å². The van der Waals surface area contributed by atoms with E-state index in [0.717, 1.165) is 24.2 Å². The Hall–Kier alpha value is -2.57. The highest BCUT2D eigenvalue weighted by atomic mass is 16.5. The highest BCUT2D eigenvalue weighted by Gasteiger charge is 2.44. The molecule has 0 radical (unpaired) electrons. The van der Waals surface area contributed by atoms with E-state index in [1.807, 2.05) is 24.3 Å². The van der Waals surface area contributed by atoms with E-state index in [-0.39, 0.29) is 43.2 Å². The van der Waals surface area contributed by atoms with Crippen molar-refractivity contribution in [1.82, 2.24) is 10.2 Å². The molecule has 1 fully saturated rings. The van der Waals surface area contributed by atoms with Crippen LogP contribution in [0.15, 0.2) is 24.3 Å². The Bertz CT molecular complexity index is 674. The van der Waals surface area contributed by atoms with Crippen LogP contribution in [0.4, 0.5) is 0 Å². The molecule has 7 heteroatoms. The van der Waals surface area contributed by atoms with E-state index < -0.39 is 5.92 Å². The second-order valence-corrected chi connectivity index (χ2v) is 6.82. The van der Waals surface area contributed by atoms with Gasteiger partial charge in [-0.2, -0.15) is 0 Å². The molecule has 1 aliphatic rings. The van der Waals surface area contributed by atoms with Gasteiger partial charge in [0.2, 0.25) is 11.8 Å². The number of carbonyl (C=O) groups excluding carboxylic acids is 3. The molecule has 0 aromatic heterocycles. The molecular formula is C21H30N2O5. The molecule has 154 valence electrons. The summed E-state index contributed by atoms with van der Waals surface area (Å²) in [6.07, 6.45) is 2.14. The highest BCUT2D eigenvalue weighted by molar-refractivity contribution is 5.90. The number of hydrogen-bond acceptors (Lipinski definition) is 5. The van der Waals surface area contributed by atoms with Crippen molar-refractivity contribution in [2.75, 3.05) is 26.8 Å². The van der Waals surface area contributed by atoms with Crippen molar-refractivity contribution in [3.8, 4) is 5.75 Å². The number of benzene rings is 1. The largest absolute Gasteiger partial charge is 0.497 e. The first-order valence-corrected chi connectivity index (χ1v) is 9.88. The fourth-order valence-electron chi connectivity index (χ4n) is 3.48. The van der Waals surface area contributed by atoms with Gasteiger partial charge in [0.05, 0.1) is 32.1 Å². The van der Waals surface area contributed by atoms with Crippen LogP contribution in [0.25, 0.3) is 0 Å². The number of rotatable bonds is 10. The van der Waals surface area contributed by atoms with E-state index in [2.05, 4.69) is 12.2 Å². The highest BCUT2D eigenvalue weighted by Crippen LogP contribution is 2.39. The fourth-order valence-corrected chi connectivity index (χ4v) is 3.48. The van der Waals surface area contributed by atoms with Gasteiger partial charge in [0.25, 0.3) is 0 Å². The maximum Gasteiger partial charge on any atom is 0.307 e. The molecule has 0 saturated carbocycles. The van der Waals surface area contributed by atoms with Crippen molar-refractivity contribution >= 4 is 17.8 Å². The number of likely N-dealkylation sites (tertiary alicyclic amines) is 1. The van der Waals surface area contributed by atoms with Gasteiger partial charge in [-0.25, -0.2) is 0 Å². The summed E-state index contributed by atoms with van der Waals surface area (Å²) in [4.78, 5) is 38.7. The quantitative estimate of drug-likeness (QED) is 0.621. The summed E-state index contributed by atoms with van der Waals surface area (Å²) < 4.78 is 10.1. The molecule has 1 saturated heterocycles. The lowest BCUT2D eigenvalue weighted by atomic mass is 9.92. The lowest BCUT2D eigenvalue weighted by Gasteiger charge is -2.28. The maximum absolute atomic E-state index is 12.8. The zero-order valence-corrected chi connectivity index (χ0v) is 16.9. The number of carbonyl (C=O) groups is 3. The average molecular weight is 390 g/mol. The van der Waals surface area contributed by atoms with Crippen LogP contribution in [0.3, 0.4) is 0 Å². The minimum absolute atomic E-state index is 0.0141. The van der Waals surface area contributed by atoms with E-state index in [1.165, 1.54) is 0 Å². The molecule has 2 unspecified atom stereocenters. The van der Waals surface area contributed by atoms with Gasteiger partial charge in [0.1, 0.15) is 5.75 Å². The standard InChI is InChI=1S/C21H30N2O5/c1-4-6-13-23-18(24)14-17(21(26)22-12-11-19(25)28-5-2)20(23)15-7-9-16(27-3)10-8-15/h7-10,17,20H,4-6,11-14H2,1-3H3,(H,22,26). The predicted molar refractivity (Wildman–Crippen MR) is 105 cm³/mol. The van der Waals surface area contributed by atoms with Crippen molar-refractivity contribution in [2.24, 2.45) is 5.92 Å². The zero-order valence-electron chi connectivity index (χ0n) is 16.9. The summed E-state index contributed by atoms with van der Waals surface area (Å²) in [5.41, 5.74) is 0.910. The van der Waals surface area contributed by atoms with Crippen LogP contribution in [-0.4, -0.2) is 49.5 Å². The first-order chi connectivity index (χ1) is 13.5. The first kappa shape index (κ1) is 21.7. The van der Waals surface area contributed by atoms with Gasteiger partial charge in [0.15, 0.2) is 0 Å². The van der Waals surface area contributed by atoms with Crippen LogP contribution in [0, 0.1) is 5.92 Å². The van der Waals surface area contributed by atoms with Crippen molar-refractivity contribution in [2.45, 2.75) is 45.6 Å². The third-order valence-corrected chi connectivity index (χ3v) is 4.91. The van der Waals surface area contributed by atoms with Gasteiger partial charge in [-0.15, -0.1) is 0 Å². The lowest BCUT2D eigenvalue weighted by molar-refractivity contribution is -0.143. The molecule has 1 N–H and O–H groups in total. The topological polar surface area (TPSA) is 84.9 Å². The molecule has 7 nitrogen and oxygen atoms in total. The molecule has 1 aromatic carbocycles. The number of nitrogens with one attached hydrogen (secondary N) is 1. The molecule has 2 atom stereocenters. The number of methoxy groups -OCH3 is 1. The summed E-state index contributed by atoms with van der Waals surface area (Å²) in [6.45, 7) is 4.95. The summed E-state index contributed by atoms with van der Waals surface area (Å²) in [5, 5.41) is 2.79. The van der Waals surface area contributed by atoms with E-state index in [4.69, 9.17) is 9.47 Å². The molecule has 0 aliphatic carbocycles. The Morgan fingerprint density at radius 3 is 2.54 bits per heavy atom. The van der Waals surface area contributed by atoms with Gasteiger partial charge in [0, 0.05) is 19.5 Å². The van der Waals surface area contributed by atoms with E-state index in [0.29, 0.717) is 13.2 Å². The minimum Gasteiger partial charge on any atom is -0.497 e. The van der Waals surface area contributed by atoms with Crippen molar-refractivity contribution < 1.29 is 23.9 Å². The summed E-state index contributed by atoms with van der Waals surface area (Å²) >= 11 is 0. The number of unbranched alkanes of at least 4 members (excludes halogenated alkanes) is 1. The Morgan fingerprint density at radius 1 is 1.21 bits per heavy atom. The van der Waals surface area contributed by atoms with Crippen LogP contribution >= 0.6 is 0 Å². The Kier molecular flexibility index (Phi) is 8.29. The van der Waals surface area contributed by atoms with Gasteiger partial charge in [-0.3, -0.25) is 14.4 Å². The third-order valence-electron chi connectivity index (χ3n) is 4.91. The number of ether oxygens (including phenoxy) is 2. The first-order valence-electron chi connectivity index (χ1n) is 9.88. The molecule has 1 heterocycles. The van der Waals surface area contributed by atoms with Crippen LogP contribution in [0.2, 0.25) is 0 Å². The van der Waals surface area contributed by atoms with Gasteiger partial charge >= 0.3 is 5.97 Å². The number of hydrogen-bond donors (Lipinski definition) is 1. The van der Waals surface area contributed by atoms with Gasteiger partial charge in [-0.1, -0.05) is 25.5 Å². The predicted octanol–water partition coefficient (Wildman–Crippen LogP) is 2.45. The second-order valence-electron chi connectivity index (χ2n) is 6.82. The molecule has 2 rings (SSSR count). The minimum atomic E-state index is -0.486. The van der Waals surface area contributed by atoms with Crippen molar-refractivity contribution in [3.63, 3.8) is 0 Å². The number of esters is 1. The molecular weight excluding hydrogens is 360 g/mol. The summed E-state index contributed by atoms with van der Waals surface area (Å²) in [6, 6.07) is 7.17. The Labute approximate surface area is 166 Å². The van der Waals surface area contributed by atoms with Gasteiger partial charge < -0.3 is 19.7 Å². The SMILES string of the molecule is CCCCN1C(=O)CC(C(=O)NCCC(=O)OCC)C1c1ccc(OC)cc1. The smallest absolute Gasteiger partial charge is 0.307 e. The third kappa shape index (κ3) is 5.47. The summed E-state index contributed by atoms with van der Waals surface area (Å²) in [7, 11) is 1.60. The normalized spacial score (nSPS) is 18.8. The number of amides is 2. The Morgan fingerprint density at radius 2 is 1.93 bits per heavy atom. The second kappa shape index (κ2) is 10.7. The monoisotopic (exact) mass is 390 g/mol. The van der Waals surface area contributed by atoms with Crippen LogP contribution in [0.1, 0.15) is 51.1 Å². The van der Waals surface area contributed by atoms with E-state index >= 15 is 0 Å². The molecule has 28 heavy (non-hydrogen) atoms. The maximum atomic E-state index is 12.8.